The van der Waals surface area contributed by atoms with Crippen LogP contribution in [0.1, 0.15) is 51.0 Å². The Morgan fingerprint density at radius 2 is 1.83 bits per heavy atom. The number of rotatable bonds is 8. The first-order valence-electron chi connectivity index (χ1n) is 9.96. The van der Waals surface area contributed by atoms with Crippen molar-refractivity contribution in [2.24, 2.45) is 0 Å². The van der Waals surface area contributed by atoms with E-state index >= 15 is 0 Å². The molecule has 0 aliphatic heterocycles. The molecule has 1 aliphatic carbocycles. The van der Waals surface area contributed by atoms with E-state index in [1.807, 2.05) is 12.1 Å². The van der Waals surface area contributed by atoms with Crippen molar-refractivity contribution in [2.75, 3.05) is 21.3 Å². The van der Waals surface area contributed by atoms with Crippen molar-refractivity contribution in [3.8, 4) is 17.6 Å². The number of carbonyl (C=O) groups is 2. The van der Waals surface area contributed by atoms with Crippen molar-refractivity contribution in [1.82, 2.24) is 4.90 Å². The molecule has 158 valence electrons. The molecule has 0 radical (unpaired) electrons. The van der Waals surface area contributed by atoms with Crippen LogP contribution in [-0.4, -0.2) is 49.7 Å². The number of nitriles is 1. The van der Waals surface area contributed by atoms with Crippen LogP contribution < -0.4 is 9.47 Å². The molecular weight excluding hydrogens is 372 g/mol. The van der Waals surface area contributed by atoms with Gasteiger partial charge in [-0.05, 0) is 43.9 Å². The van der Waals surface area contributed by atoms with Gasteiger partial charge in [0.25, 0.3) is 5.91 Å². The van der Waals surface area contributed by atoms with E-state index in [0.717, 1.165) is 24.8 Å². The normalized spacial score (nSPS) is 16.2. The second-order valence-corrected chi connectivity index (χ2v) is 7.42. The van der Waals surface area contributed by atoms with Gasteiger partial charge >= 0.3 is 5.97 Å². The van der Waals surface area contributed by atoms with E-state index in [0.29, 0.717) is 30.8 Å². The second-order valence-electron chi connectivity index (χ2n) is 7.42. The molecule has 0 N–H and O–H groups in total. The lowest BCUT2D eigenvalue weighted by Gasteiger charge is -2.39. The Balaban J connectivity index is 1.91. The lowest BCUT2D eigenvalue weighted by atomic mass is 9.81. The number of hydrogen-bond donors (Lipinski definition) is 0. The summed E-state index contributed by atoms with van der Waals surface area (Å²) in [6.45, 7) is 1.56. The standard InChI is InChI=1S/C22H30N2O5/c1-16(21(26)24(2)22(15-23)12-6-5-7-13-22)29-20(25)11-9-17-8-10-18(27-3)19(14-17)28-4/h8,10,14,16H,5-7,9,11-13H2,1-4H3/t16-/m1/s1. The fourth-order valence-corrected chi connectivity index (χ4v) is 3.73. The van der Waals surface area contributed by atoms with Crippen molar-refractivity contribution in [2.45, 2.75) is 63.5 Å². The lowest BCUT2D eigenvalue weighted by Crippen LogP contribution is -2.53. The molecule has 0 aromatic heterocycles. The molecule has 1 aromatic rings. The third-order valence-corrected chi connectivity index (χ3v) is 5.58. The summed E-state index contributed by atoms with van der Waals surface area (Å²) in [6.07, 6.45) is 3.90. The molecule has 7 nitrogen and oxygen atoms in total. The van der Waals surface area contributed by atoms with E-state index in [1.54, 1.807) is 34.3 Å². The molecule has 0 spiro atoms. The number of aryl methyl sites for hydroxylation is 1. The van der Waals surface area contributed by atoms with Crippen LogP contribution in [0.15, 0.2) is 18.2 Å². The summed E-state index contributed by atoms with van der Waals surface area (Å²) < 4.78 is 15.8. The number of ether oxygens (including phenoxy) is 3. The van der Waals surface area contributed by atoms with Crippen LogP contribution in [0.25, 0.3) is 0 Å². The van der Waals surface area contributed by atoms with Gasteiger partial charge in [0.05, 0.1) is 20.3 Å². The topological polar surface area (TPSA) is 88.9 Å². The molecule has 1 aromatic carbocycles. The zero-order valence-corrected chi connectivity index (χ0v) is 17.7. The summed E-state index contributed by atoms with van der Waals surface area (Å²) in [5.74, 6) is 0.421. The number of hydrogen-bond acceptors (Lipinski definition) is 6. The van der Waals surface area contributed by atoms with Crippen LogP contribution in [0, 0.1) is 11.3 Å². The van der Waals surface area contributed by atoms with Gasteiger partial charge in [-0.1, -0.05) is 25.3 Å². The van der Waals surface area contributed by atoms with E-state index in [1.165, 1.54) is 4.90 Å². The first-order valence-corrected chi connectivity index (χ1v) is 9.96. The van der Waals surface area contributed by atoms with Gasteiger partial charge in [0.15, 0.2) is 17.6 Å². The SMILES string of the molecule is COc1ccc(CCC(=O)O[C@H](C)C(=O)N(C)C2(C#N)CCCCC2)cc1OC. The number of methoxy groups -OCH3 is 2. The second kappa shape index (κ2) is 10.1. The first-order chi connectivity index (χ1) is 13.9. The van der Waals surface area contributed by atoms with Gasteiger partial charge in [-0.25, -0.2) is 0 Å². The van der Waals surface area contributed by atoms with Crippen LogP contribution in [0.3, 0.4) is 0 Å². The van der Waals surface area contributed by atoms with Crippen LogP contribution in [0.5, 0.6) is 11.5 Å². The zero-order valence-electron chi connectivity index (χ0n) is 17.7. The summed E-state index contributed by atoms with van der Waals surface area (Å²) in [6, 6.07) is 7.77. The van der Waals surface area contributed by atoms with Crippen molar-refractivity contribution >= 4 is 11.9 Å². The monoisotopic (exact) mass is 402 g/mol. The summed E-state index contributed by atoms with van der Waals surface area (Å²) in [5, 5.41) is 9.64. The Labute approximate surface area is 172 Å². The Morgan fingerprint density at radius 1 is 1.17 bits per heavy atom. The maximum absolute atomic E-state index is 12.7. The van der Waals surface area contributed by atoms with E-state index < -0.39 is 17.6 Å². The maximum Gasteiger partial charge on any atom is 0.306 e. The largest absolute Gasteiger partial charge is 0.493 e. The smallest absolute Gasteiger partial charge is 0.306 e. The number of likely N-dealkylation sites (N-methyl/N-ethyl adjacent to an activating group) is 1. The summed E-state index contributed by atoms with van der Waals surface area (Å²) in [5.41, 5.74) is 0.108. The fourth-order valence-electron chi connectivity index (χ4n) is 3.73. The summed E-state index contributed by atoms with van der Waals surface area (Å²) in [4.78, 5) is 26.5. The van der Waals surface area contributed by atoms with E-state index in [4.69, 9.17) is 14.2 Å². The molecule has 1 fully saturated rings. The molecule has 0 unspecified atom stereocenters. The molecule has 0 heterocycles. The highest BCUT2D eigenvalue weighted by molar-refractivity contribution is 5.84. The van der Waals surface area contributed by atoms with Gasteiger partial charge in [0, 0.05) is 13.5 Å². The fraction of sp³-hybridized carbons (Fsp3) is 0.591. The molecule has 1 amide bonds. The Bertz CT molecular complexity index is 765. The molecular formula is C22H30N2O5. The van der Waals surface area contributed by atoms with Gasteiger partial charge < -0.3 is 19.1 Å². The minimum Gasteiger partial charge on any atom is -0.493 e. The molecule has 29 heavy (non-hydrogen) atoms. The van der Waals surface area contributed by atoms with Crippen molar-refractivity contribution < 1.29 is 23.8 Å². The van der Waals surface area contributed by atoms with Crippen molar-refractivity contribution in [1.29, 1.82) is 5.26 Å². The average molecular weight is 402 g/mol. The summed E-state index contributed by atoms with van der Waals surface area (Å²) in [7, 11) is 4.75. The molecule has 1 atom stereocenters. The lowest BCUT2D eigenvalue weighted by molar-refractivity contribution is -0.160. The van der Waals surface area contributed by atoms with Gasteiger partial charge in [-0.3, -0.25) is 9.59 Å². The average Bonchev–Trinajstić information content (AvgIpc) is 2.76. The predicted octanol–water partition coefficient (Wildman–Crippen LogP) is 3.25. The van der Waals surface area contributed by atoms with Gasteiger partial charge in [0.1, 0.15) is 5.54 Å². The molecule has 1 saturated carbocycles. The Kier molecular flexibility index (Phi) is 7.89. The van der Waals surface area contributed by atoms with Crippen LogP contribution in [-0.2, 0) is 20.7 Å². The van der Waals surface area contributed by atoms with E-state index in [9.17, 15) is 14.9 Å². The Morgan fingerprint density at radius 3 is 2.41 bits per heavy atom. The van der Waals surface area contributed by atoms with Crippen molar-refractivity contribution in [3.05, 3.63) is 23.8 Å². The number of esters is 1. The maximum atomic E-state index is 12.7. The highest BCUT2D eigenvalue weighted by atomic mass is 16.5. The minimum absolute atomic E-state index is 0.139. The quantitative estimate of drug-likeness (QED) is 0.620. The van der Waals surface area contributed by atoms with Crippen LogP contribution >= 0.6 is 0 Å². The van der Waals surface area contributed by atoms with Gasteiger partial charge in [-0.15, -0.1) is 0 Å². The highest BCUT2D eigenvalue weighted by Gasteiger charge is 2.40. The third kappa shape index (κ3) is 5.41. The first kappa shape index (κ1) is 22.5. The molecule has 0 saturated heterocycles. The molecule has 2 rings (SSSR count). The minimum atomic E-state index is -0.926. The number of nitrogens with zero attached hydrogens (tertiary/aromatic N) is 2. The third-order valence-electron chi connectivity index (χ3n) is 5.58. The van der Waals surface area contributed by atoms with Crippen molar-refractivity contribution in [3.63, 3.8) is 0 Å². The summed E-state index contributed by atoms with van der Waals surface area (Å²) >= 11 is 0. The number of benzene rings is 1. The van der Waals surface area contributed by atoms with Gasteiger partial charge in [0.2, 0.25) is 0 Å². The Hall–Kier alpha value is -2.75. The van der Waals surface area contributed by atoms with E-state index in [2.05, 4.69) is 6.07 Å². The van der Waals surface area contributed by atoms with Crippen LogP contribution in [0.2, 0.25) is 0 Å². The zero-order chi connectivity index (χ0) is 21.4. The van der Waals surface area contributed by atoms with E-state index in [-0.39, 0.29) is 12.3 Å². The number of amides is 1. The highest BCUT2D eigenvalue weighted by Crippen LogP contribution is 2.33. The van der Waals surface area contributed by atoms with Crippen LogP contribution in [0.4, 0.5) is 0 Å². The van der Waals surface area contributed by atoms with Gasteiger partial charge in [-0.2, -0.15) is 5.26 Å². The molecule has 7 heteroatoms. The molecule has 1 aliphatic rings. The predicted molar refractivity (Wildman–Crippen MR) is 108 cm³/mol. The molecule has 0 bridgehead atoms. The number of carbonyl (C=O) groups excluding carboxylic acids is 2.